The van der Waals surface area contributed by atoms with Crippen LogP contribution >= 0.6 is 11.6 Å². The van der Waals surface area contributed by atoms with E-state index in [1.807, 2.05) is 0 Å². The largest absolute Gasteiger partial charge is 0.394 e. The maximum Gasteiger partial charge on any atom is 0.337 e. The molecule has 0 saturated carbocycles. The lowest BCUT2D eigenvalue weighted by atomic mass is 10.2. The van der Waals surface area contributed by atoms with Crippen LogP contribution in [0.4, 0.5) is 0 Å². The molecule has 0 atom stereocenters. The highest BCUT2D eigenvalue weighted by Crippen LogP contribution is 2.23. The molecule has 0 aliphatic rings. The summed E-state index contributed by atoms with van der Waals surface area (Å²) in [6.07, 6.45) is 0.998. The average Bonchev–Trinajstić information content (AvgIpc) is 2.28. The molecule has 0 N–H and O–H groups in total. The first-order chi connectivity index (χ1) is 7.95. The molecule has 0 fully saturated rings. The Kier molecular flexibility index (Phi) is 9.60. The maximum absolute atomic E-state index is 6.15. The molecular weight excluding hydrogens is 252 g/mol. The second-order valence-electron chi connectivity index (χ2n) is 5.47. The molecule has 0 aromatic heterocycles. The van der Waals surface area contributed by atoms with Crippen molar-refractivity contribution in [3.05, 3.63) is 0 Å². The molecule has 0 amide bonds. The predicted octanol–water partition coefficient (Wildman–Crippen LogP) is 4.42. The Balaban J connectivity index is 4.38. The van der Waals surface area contributed by atoms with Crippen LogP contribution in [0.15, 0.2) is 0 Å². The summed E-state index contributed by atoms with van der Waals surface area (Å²) >= 11 is 5.80. The highest BCUT2D eigenvalue weighted by Gasteiger charge is 2.35. The van der Waals surface area contributed by atoms with Crippen LogP contribution in [-0.2, 0) is 8.85 Å². The molecule has 0 heterocycles. The molecule has 0 bridgehead atoms. The van der Waals surface area contributed by atoms with E-state index in [0.717, 1.165) is 31.7 Å². The minimum Gasteiger partial charge on any atom is -0.394 e. The van der Waals surface area contributed by atoms with E-state index in [0.29, 0.717) is 17.7 Å². The van der Waals surface area contributed by atoms with Gasteiger partial charge in [0.05, 0.1) is 0 Å². The molecule has 0 rings (SSSR count). The molecular formula is C13H29ClO2Si. The van der Waals surface area contributed by atoms with Gasteiger partial charge in [0, 0.05) is 19.1 Å². The Morgan fingerprint density at radius 1 is 1.00 bits per heavy atom. The second kappa shape index (κ2) is 9.37. The molecule has 0 spiro atoms. The first-order valence-electron chi connectivity index (χ1n) is 6.79. The van der Waals surface area contributed by atoms with Crippen molar-refractivity contribution in [1.29, 1.82) is 0 Å². The number of hydrogen-bond acceptors (Lipinski definition) is 2. The minimum atomic E-state index is -2.00. The van der Waals surface area contributed by atoms with E-state index in [9.17, 15) is 0 Å². The smallest absolute Gasteiger partial charge is 0.337 e. The normalized spacial score (nSPS) is 12.7. The lowest BCUT2D eigenvalue weighted by Gasteiger charge is -2.31. The molecule has 4 heteroatoms. The van der Waals surface area contributed by atoms with Gasteiger partial charge in [0.25, 0.3) is 0 Å². The zero-order valence-electron chi connectivity index (χ0n) is 12.1. The van der Waals surface area contributed by atoms with Gasteiger partial charge in [-0.25, -0.2) is 0 Å². The monoisotopic (exact) mass is 280 g/mol. The Hall–Kier alpha value is 0.427. The van der Waals surface area contributed by atoms with Gasteiger partial charge in [-0.05, 0) is 30.3 Å². The summed E-state index contributed by atoms with van der Waals surface area (Å²) in [5.41, 5.74) is 0. The summed E-state index contributed by atoms with van der Waals surface area (Å²) in [5.74, 6) is 1.82. The van der Waals surface area contributed by atoms with Crippen LogP contribution in [-0.4, -0.2) is 27.7 Å². The molecule has 0 aromatic rings. The zero-order chi connectivity index (χ0) is 13.3. The molecule has 0 aliphatic carbocycles. The third-order valence-electron chi connectivity index (χ3n) is 2.59. The van der Waals surface area contributed by atoms with E-state index in [1.165, 1.54) is 0 Å². The van der Waals surface area contributed by atoms with Crippen molar-refractivity contribution in [2.24, 2.45) is 11.8 Å². The summed E-state index contributed by atoms with van der Waals surface area (Å²) in [6, 6.07) is 2.04. The maximum atomic E-state index is 6.15. The van der Waals surface area contributed by atoms with Crippen LogP contribution in [0.25, 0.3) is 0 Å². The average molecular weight is 281 g/mol. The lowest BCUT2D eigenvalue weighted by molar-refractivity contribution is 0.138. The van der Waals surface area contributed by atoms with Crippen molar-refractivity contribution in [2.45, 2.75) is 53.1 Å². The van der Waals surface area contributed by atoms with Gasteiger partial charge in [-0.15, -0.1) is 11.6 Å². The Morgan fingerprint density at radius 3 is 1.76 bits per heavy atom. The van der Waals surface area contributed by atoms with Crippen molar-refractivity contribution in [2.75, 3.05) is 19.1 Å². The van der Waals surface area contributed by atoms with Crippen LogP contribution in [0.5, 0.6) is 0 Å². The lowest BCUT2D eigenvalue weighted by Crippen LogP contribution is -2.43. The molecule has 17 heavy (non-hydrogen) atoms. The highest BCUT2D eigenvalue weighted by molar-refractivity contribution is 6.67. The third-order valence-corrected chi connectivity index (χ3v) is 6.43. The van der Waals surface area contributed by atoms with E-state index in [2.05, 4.69) is 34.6 Å². The van der Waals surface area contributed by atoms with Crippen LogP contribution in [0, 0.1) is 11.8 Å². The minimum absolute atomic E-state index is 0.562. The van der Waals surface area contributed by atoms with E-state index < -0.39 is 8.56 Å². The SMILES string of the molecule is CC[Si](CCCCl)(OCC(C)C)OCC(C)C. The first-order valence-corrected chi connectivity index (χ1v) is 9.56. The predicted molar refractivity (Wildman–Crippen MR) is 78.0 cm³/mol. The van der Waals surface area contributed by atoms with Crippen LogP contribution in [0.2, 0.25) is 12.1 Å². The molecule has 0 aromatic carbocycles. The molecule has 0 saturated heterocycles. The molecule has 0 radical (unpaired) electrons. The van der Waals surface area contributed by atoms with E-state index in [1.54, 1.807) is 0 Å². The Labute approximate surface area is 113 Å². The Morgan fingerprint density at radius 2 is 1.47 bits per heavy atom. The van der Waals surface area contributed by atoms with Gasteiger partial charge in [0.1, 0.15) is 0 Å². The number of alkyl halides is 1. The van der Waals surface area contributed by atoms with Crippen molar-refractivity contribution >= 4 is 20.2 Å². The fourth-order valence-corrected chi connectivity index (χ4v) is 5.02. The fraction of sp³-hybridized carbons (Fsp3) is 1.00. The second-order valence-corrected chi connectivity index (χ2v) is 9.45. The van der Waals surface area contributed by atoms with Gasteiger partial charge in [-0.1, -0.05) is 34.6 Å². The Bertz CT molecular complexity index is 174. The van der Waals surface area contributed by atoms with Gasteiger partial charge in [0.2, 0.25) is 0 Å². The summed E-state index contributed by atoms with van der Waals surface area (Å²) in [4.78, 5) is 0. The quantitative estimate of drug-likeness (QED) is 0.436. The van der Waals surface area contributed by atoms with Crippen LogP contribution in [0.1, 0.15) is 41.0 Å². The summed E-state index contributed by atoms with van der Waals surface area (Å²) in [7, 11) is -2.00. The number of halogens is 1. The molecule has 104 valence electrons. The molecule has 2 nitrogen and oxygen atoms in total. The summed E-state index contributed by atoms with van der Waals surface area (Å²) in [5, 5.41) is 0. The van der Waals surface area contributed by atoms with Gasteiger partial charge in [-0.2, -0.15) is 0 Å². The molecule has 0 aliphatic heterocycles. The highest BCUT2D eigenvalue weighted by atomic mass is 35.5. The van der Waals surface area contributed by atoms with Crippen molar-refractivity contribution in [3.63, 3.8) is 0 Å². The molecule has 0 unspecified atom stereocenters. The van der Waals surface area contributed by atoms with Crippen LogP contribution in [0.3, 0.4) is 0 Å². The first kappa shape index (κ1) is 17.4. The fourth-order valence-electron chi connectivity index (χ4n) is 1.54. The van der Waals surface area contributed by atoms with Gasteiger partial charge < -0.3 is 8.85 Å². The van der Waals surface area contributed by atoms with Gasteiger partial charge in [-0.3, -0.25) is 0 Å². The van der Waals surface area contributed by atoms with E-state index in [4.69, 9.17) is 20.5 Å². The summed E-state index contributed by atoms with van der Waals surface area (Å²) < 4.78 is 12.3. The number of hydrogen-bond donors (Lipinski definition) is 0. The van der Waals surface area contributed by atoms with Gasteiger partial charge in [0.15, 0.2) is 0 Å². The third kappa shape index (κ3) is 8.19. The van der Waals surface area contributed by atoms with Crippen molar-refractivity contribution in [3.8, 4) is 0 Å². The van der Waals surface area contributed by atoms with Crippen molar-refractivity contribution < 1.29 is 8.85 Å². The van der Waals surface area contributed by atoms with E-state index >= 15 is 0 Å². The van der Waals surface area contributed by atoms with E-state index in [-0.39, 0.29) is 0 Å². The summed E-state index contributed by atoms with van der Waals surface area (Å²) in [6.45, 7) is 12.5. The standard InChI is InChI=1S/C13H29ClO2Si/c1-6-17(9-7-8-14,15-10-12(2)3)16-11-13(4)5/h12-13H,6-11H2,1-5H3. The zero-order valence-corrected chi connectivity index (χ0v) is 13.8. The van der Waals surface area contributed by atoms with Crippen molar-refractivity contribution in [1.82, 2.24) is 0 Å². The van der Waals surface area contributed by atoms with Crippen LogP contribution < -0.4 is 0 Å². The topological polar surface area (TPSA) is 18.5 Å². The number of rotatable bonds is 10. The van der Waals surface area contributed by atoms with Gasteiger partial charge >= 0.3 is 8.56 Å².